The summed E-state index contributed by atoms with van der Waals surface area (Å²) < 4.78 is 45.4. The summed E-state index contributed by atoms with van der Waals surface area (Å²) in [6, 6.07) is 2.57. The predicted molar refractivity (Wildman–Crippen MR) is 108 cm³/mol. The predicted octanol–water partition coefficient (Wildman–Crippen LogP) is 2.45. The molecule has 0 radical (unpaired) electrons. The minimum absolute atomic E-state index is 0.0725. The van der Waals surface area contributed by atoms with Crippen LogP contribution < -0.4 is 11.1 Å². The molecule has 2 atom stereocenters. The molecule has 1 aromatic heterocycles. The van der Waals surface area contributed by atoms with Gasteiger partial charge in [-0.05, 0) is 43.5 Å². The molecule has 1 aliphatic heterocycles. The second kappa shape index (κ2) is 8.99. The number of anilines is 2. The van der Waals surface area contributed by atoms with E-state index in [2.05, 4.69) is 10.4 Å². The number of likely N-dealkylation sites (tertiary alicyclic amines) is 1. The quantitative estimate of drug-likeness (QED) is 0.456. The van der Waals surface area contributed by atoms with Gasteiger partial charge < -0.3 is 21.3 Å². The molecule has 0 unspecified atom stereocenters. The Morgan fingerprint density at radius 2 is 2.00 bits per heavy atom. The lowest BCUT2D eigenvalue weighted by molar-refractivity contribution is -0.245. The van der Waals surface area contributed by atoms with Crippen LogP contribution in [-0.2, 0) is 5.54 Å². The number of halogens is 3. The molecule has 0 spiro atoms. The molecule has 0 saturated carbocycles. The SMILES string of the molecule is N#C[C@H]1CCN(C(=O)O)C(F)(F)[C@]1(CCCO)n1cc(C(N)=O)c(Nc2ccc(F)cc2)n1. The first-order valence-electron chi connectivity index (χ1n) is 9.90. The fourth-order valence-electron chi connectivity index (χ4n) is 4.07. The lowest BCUT2D eigenvalue weighted by Crippen LogP contribution is -2.68. The Morgan fingerprint density at radius 3 is 2.55 bits per heavy atom. The van der Waals surface area contributed by atoms with Gasteiger partial charge in [0.2, 0.25) is 0 Å². The molecule has 1 aliphatic rings. The van der Waals surface area contributed by atoms with Crippen LogP contribution in [0, 0.1) is 23.1 Å². The summed E-state index contributed by atoms with van der Waals surface area (Å²) in [7, 11) is 0. The maximum Gasteiger partial charge on any atom is 0.411 e. The Labute approximate surface area is 186 Å². The highest BCUT2D eigenvalue weighted by atomic mass is 19.3. The Bertz CT molecular complexity index is 1080. The molecule has 2 amide bonds. The summed E-state index contributed by atoms with van der Waals surface area (Å²) in [5.74, 6) is -3.20. The van der Waals surface area contributed by atoms with Crippen molar-refractivity contribution in [2.75, 3.05) is 18.5 Å². The van der Waals surface area contributed by atoms with Gasteiger partial charge in [0.25, 0.3) is 5.91 Å². The number of nitriles is 1. The molecular weight excluding hydrogens is 445 g/mol. The fourth-order valence-corrected chi connectivity index (χ4v) is 4.07. The van der Waals surface area contributed by atoms with Crippen molar-refractivity contribution in [3.05, 3.63) is 41.8 Å². The smallest absolute Gasteiger partial charge is 0.411 e. The molecule has 33 heavy (non-hydrogen) atoms. The lowest BCUT2D eigenvalue weighted by atomic mass is 9.73. The maximum absolute atomic E-state index is 15.8. The average Bonchev–Trinajstić information content (AvgIpc) is 3.17. The molecule has 1 saturated heterocycles. The number of benzene rings is 1. The Balaban J connectivity index is 2.20. The number of piperidine rings is 1. The number of nitrogens with two attached hydrogens (primary N) is 1. The number of carbonyl (C=O) groups excluding carboxylic acids is 1. The molecule has 176 valence electrons. The van der Waals surface area contributed by atoms with Crippen molar-refractivity contribution in [1.82, 2.24) is 14.7 Å². The zero-order chi connectivity index (χ0) is 24.4. The van der Waals surface area contributed by atoms with E-state index in [0.717, 1.165) is 18.3 Å². The van der Waals surface area contributed by atoms with Crippen molar-refractivity contribution in [2.24, 2.45) is 11.7 Å². The number of aliphatic hydroxyl groups is 1. The first-order valence-corrected chi connectivity index (χ1v) is 9.90. The van der Waals surface area contributed by atoms with Crippen molar-refractivity contribution in [3.63, 3.8) is 0 Å². The number of primary amides is 1. The van der Waals surface area contributed by atoms with Crippen LogP contribution in [0.3, 0.4) is 0 Å². The van der Waals surface area contributed by atoms with Gasteiger partial charge in [-0.2, -0.15) is 19.1 Å². The number of rotatable bonds is 7. The van der Waals surface area contributed by atoms with Gasteiger partial charge in [-0.3, -0.25) is 9.48 Å². The number of amides is 2. The molecule has 0 bridgehead atoms. The number of aromatic nitrogens is 2. The number of carbonyl (C=O) groups is 2. The number of aliphatic hydroxyl groups excluding tert-OH is 1. The van der Waals surface area contributed by atoms with Gasteiger partial charge in [-0.1, -0.05) is 0 Å². The number of hydrogen-bond acceptors (Lipinski definition) is 6. The summed E-state index contributed by atoms with van der Waals surface area (Å²) in [4.78, 5) is 23.5. The summed E-state index contributed by atoms with van der Waals surface area (Å²) in [6.45, 7) is -1.10. The topological polar surface area (TPSA) is 158 Å². The van der Waals surface area contributed by atoms with Crippen LogP contribution in [0.15, 0.2) is 30.5 Å². The van der Waals surface area contributed by atoms with Crippen molar-refractivity contribution in [2.45, 2.75) is 30.8 Å². The largest absolute Gasteiger partial charge is 0.465 e. The summed E-state index contributed by atoms with van der Waals surface area (Å²) in [5.41, 5.74) is 2.83. The third-order valence-electron chi connectivity index (χ3n) is 5.68. The van der Waals surface area contributed by atoms with Crippen molar-refractivity contribution >= 4 is 23.5 Å². The molecule has 3 rings (SSSR count). The zero-order valence-corrected chi connectivity index (χ0v) is 17.2. The first-order chi connectivity index (χ1) is 15.6. The number of alkyl halides is 2. The molecule has 2 heterocycles. The first kappa shape index (κ1) is 23.9. The van der Waals surface area contributed by atoms with E-state index in [0.29, 0.717) is 4.68 Å². The summed E-state index contributed by atoms with van der Waals surface area (Å²) in [6.07, 6.45) is -1.91. The summed E-state index contributed by atoms with van der Waals surface area (Å²) >= 11 is 0. The van der Waals surface area contributed by atoms with Gasteiger partial charge in [0.15, 0.2) is 11.4 Å². The third kappa shape index (κ3) is 4.05. The maximum atomic E-state index is 15.8. The molecule has 10 nitrogen and oxygen atoms in total. The van der Waals surface area contributed by atoms with Gasteiger partial charge in [0.05, 0.1) is 12.0 Å². The van der Waals surface area contributed by atoms with Crippen LogP contribution in [0.25, 0.3) is 0 Å². The van der Waals surface area contributed by atoms with Gasteiger partial charge in [-0.25, -0.2) is 14.1 Å². The van der Waals surface area contributed by atoms with Gasteiger partial charge >= 0.3 is 12.1 Å². The van der Waals surface area contributed by atoms with Crippen LogP contribution in [0.5, 0.6) is 0 Å². The Hall–Kier alpha value is -3.79. The lowest BCUT2D eigenvalue weighted by Gasteiger charge is -2.50. The fraction of sp³-hybridized carbons (Fsp3) is 0.400. The zero-order valence-electron chi connectivity index (χ0n) is 17.2. The minimum atomic E-state index is -4.12. The van der Waals surface area contributed by atoms with Gasteiger partial charge in [-0.15, -0.1) is 0 Å². The molecule has 5 N–H and O–H groups in total. The number of nitrogens with zero attached hydrogens (tertiary/aromatic N) is 4. The molecular formula is C20H21F3N6O4. The second-order valence-electron chi connectivity index (χ2n) is 7.53. The van der Waals surface area contributed by atoms with E-state index < -0.39 is 54.9 Å². The van der Waals surface area contributed by atoms with Crippen LogP contribution in [-0.4, -0.2) is 56.1 Å². The third-order valence-corrected chi connectivity index (χ3v) is 5.68. The van der Waals surface area contributed by atoms with Crippen molar-refractivity contribution in [3.8, 4) is 6.07 Å². The molecule has 1 fully saturated rings. The van der Waals surface area contributed by atoms with Crippen molar-refractivity contribution in [1.29, 1.82) is 5.26 Å². The molecule has 0 aliphatic carbocycles. The standard InChI is InChI=1S/C20H21F3N6O4/c21-13-2-4-14(5-3-13)26-17-15(16(25)31)11-29(27-17)19(7-1-9-30)12(10-24)6-8-28(18(32)33)20(19,22)23/h2-5,11-12,30H,1,6-9H2,(H2,25,31)(H,26,27)(H,32,33)/t12-,19-/m1/s1. The monoisotopic (exact) mass is 466 g/mol. The van der Waals surface area contributed by atoms with Crippen LogP contribution in [0.1, 0.15) is 29.6 Å². The van der Waals surface area contributed by atoms with E-state index in [1.54, 1.807) is 0 Å². The highest BCUT2D eigenvalue weighted by molar-refractivity contribution is 5.98. The van der Waals surface area contributed by atoms with E-state index in [-0.39, 0.29) is 34.8 Å². The molecule has 1 aromatic carbocycles. The van der Waals surface area contributed by atoms with E-state index in [1.807, 2.05) is 6.07 Å². The van der Waals surface area contributed by atoms with E-state index >= 15 is 8.78 Å². The van der Waals surface area contributed by atoms with Gasteiger partial charge in [0, 0.05) is 25.0 Å². The number of hydrogen-bond donors (Lipinski definition) is 4. The highest BCUT2D eigenvalue weighted by Crippen LogP contribution is 2.51. The molecule has 13 heteroatoms. The van der Waals surface area contributed by atoms with Gasteiger partial charge in [0.1, 0.15) is 11.4 Å². The number of nitrogens with one attached hydrogen (secondary N) is 1. The number of carboxylic acid groups (broad SMARTS) is 1. The van der Waals surface area contributed by atoms with Crippen molar-refractivity contribution < 1.29 is 33.0 Å². The normalized spacial score (nSPS) is 21.9. The second-order valence-corrected chi connectivity index (χ2v) is 7.53. The highest BCUT2D eigenvalue weighted by Gasteiger charge is 2.67. The van der Waals surface area contributed by atoms with Crippen LogP contribution in [0.4, 0.5) is 29.5 Å². The van der Waals surface area contributed by atoms with Crippen LogP contribution in [0.2, 0.25) is 0 Å². The van der Waals surface area contributed by atoms with E-state index in [1.165, 1.54) is 12.1 Å². The Kier molecular flexibility index (Phi) is 6.50. The summed E-state index contributed by atoms with van der Waals surface area (Å²) in [5, 5.41) is 35.2. The van der Waals surface area contributed by atoms with E-state index in [4.69, 9.17) is 5.73 Å². The van der Waals surface area contributed by atoms with Crippen LogP contribution >= 0.6 is 0 Å². The van der Waals surface area contributed by atoms with E-state index in [9.17, 15) is 29.5 Å². The average molecular weight is 466 g/mol. The molecule has 2 aromatic rings. The minimum Gasteiger partial charge on any atom is -0.465 e. The Morgan fingerprint density at radius 1 is 1.33 bits per heavy atom.